The molecule has 0 saturated heterocycles. The summed E-state index contributed by atoms with van der Waals surface area (Å²) in [4.78, 5) is 12.9. The van der Waals surface area contributed by atoms with E-state index in [2.05, 4.69) is 27.2 Å². The van der Waals surface area contributed by atoms with Gasteiger partial charge in [-0.15, -0.1) is 0 Å². The Morgan fingerprint density at radius 2 is 2.04 bits per heavy atom. The maximum absolute atomic E-state index is 5.88. The van der Waals surface area contributed by atoms with Gasteiger partial charge < -0.3 is 10.1 Å². The molecule has 0 amide bonds. The fourth-order valence-corrected chi connectivity index (χ4v) is 2.51. The third-order valence-corrected chi connectivity index (χ3v) is 3.79. The van der Waals surface area contributed by atoms with Crippen molar-refractivity contribution in [2.24, 2.45) is 0 Å². The van der Waals surface area contributed by atoms with Crippen molar-refractivity contribution in [1.82, 2.24) is 19.5 Å². The molecule has 1 N–H and O–H groups in total. The minimum Gasteiger partial charge on any atom is -0.375 e. The Morgan fingerprint density at radius 1 is 1.24 bits per heavy atom. The smallest absolute Gasteiger partial charge is 0.143 e. The Bertz CT molecular complexity index is 805. The molecule has 0 radical (unpaired) electrons. The number of halogens is 1. The van der Waals surface area contributed by atoms with Crippen LogP contribution in [-0.2, 0) is 11.3 Å². The number of aryl methyl sites for hydroxylation is 1. The SMILES string of the molecule is Cc1nc(N[C@H](C)COCc2ccc(Cl)cc2)cc(-n2ccnc2)n1. The number of rotatable bonds is 7. The summed E-state index contributed by atoms with van der Waals surface area (Å²) in [6.07, 6.45) is 5.28. The number of aromatic nitrogens is 4. The van der Waals surface area contributed by atoms with Crippen LogP contribution in [0.15, 0.2) is 49.1 Å². The van der Waals surface area contributed by atoms with E-state index in [1.807, 2.05) is 48.0 Å². The van der Waals surface area contributed by atoms with Crippen LogP contribution < -0.4 is 5.32 Å². The summed E-state index contributed by atoms with van der Waals surface area (Å²) in [6, 6.07) is 9.66. The van der Waals surface area contributed by atoms with Crippen molar-refractivity contribution in [2.45, 2.75) is 26.5 Å². The van der Waals surface area contributed by atoms with Gasteiger partial charge >= 0.3 is 0 Å². The third-order valence-electron chi connectivity index (χ3n) is 3.54. The molecular formula is C18H20ClN5O. The van der Waals surface area contributed by atoms with E-state index in [1.165, 1.54) is 0 Å². The van der Waals surface area contributed by atoms with Crippen molar-refractivity contribution in [3.63, 3.8) is 0 Å². The van der Waals surface area contributed by atoms with E-state index in [9.17, 15) is 0 Å². The maximum atomic E-state index is 5.88. The maximum Gasteiger partial charge on any atom is 0.143 e. The Labute approximate surface area is 151 Å². The first-order valence-electron chi connectivity index (χ1n) is 8.03. The van der Waals surface area contributed by atoms with Crippen LogP contribution >= 0.6 is 11.6 Å². The Kier molecular flexibility index (Phi) is 5.63. The van der Waals surface area contributed by atoms with Gasteiger partial charge in [-0.1, -0.05) is 23.7 Å². The van der Waals surface area contributed by atoms with E-state index in [0.717, 1.165) is 22.2 Å². The lowest BCUT2D eigenvalue weighted by atomic mass is 10.2. The number of imidazole rings is 1. The van der Waals surface area contributed by atoms with Gasteiger partial charge in [0.15, 0.2) is 0 Å². The van der Waals surface area contributed by atoms with Crippen molar-refractivity contribution in [2.75, 3.05) is 11.9 Å². The van der Waals surface area contributed by atoms with Crippen molar-refractivity contribution in [3.8, 4) is 5.82 Å². The van der Waals surface area contributed by atoms with E-state index < -0.39 is 0 Å². The number of anilines is 1. The highest BCUT2D eigenvalue weighted by atomic mass is 35.5. The van der Waals surface area contributed by atoms with Crippen LogP contribution in [0.3, 0.4) is 0 Å². The fraction of sp³-hybridized carbons (Fsp3) is 0.278. The largest absolute Gasteiger partial charge is 0.375 e. The zero-order valence-corrected chi connectivity index (χ0v) is 14.9. The number of hydrogen-bond acceptors (Lipinski definition) is 5. The Morgan fingerprint density at radius 3 is 2.76 bits per heavy atom. The van der Waals surface area contributed by atoms with Gasteiger partial charge in [0.2, 0.25) is 0 Å². The van der Waals surface area contributed by atoms with Gasteiger partial charge in [-0.3, -0.25) is 4.57 Å². The van der Waals surface area contributed by atoms with E-state index in [-0.39, 0.29) is 6.04 Å². The molecule has 1 aromatic carbocycles. The van der Waals surface area contributed by atoms with Crippen LogP contribution in [0.1, 0.15) is 18.3 Å². The molecule has 3 rings (SSSR count). The molecular weight excluding hydrogens is 338 g/mol. The summed E-state index contributed by atoms with van der Waals surface area (Å²) in [5.74, 6) is 2.24. The van der Waals surface area contributed by atoms with Gasteiger partial charge in [-0.25, -0.2) is 15.0 Å². The quantitative estimate of drug-likeness (QED) is 0.699. The summed E-state index contributed by atoms with van der Waals surface area (Å²) >= 11 is 5.88. The molecule has 0 aliphatic rings. The molecule has 0 spiro atoms. The molecule has 6 nitrogen and oxygen atoms in total. The number of ether oxygens (including phenoxy) is 1. The standard InChI is InChI=1S/C18H20ClN5O/c1-13(10-25-11-15-3-5-16(19)6-4-15)21-17-9-18(23-14(2)22-17)24-8-7-20-12-24/h3-9,12-13H,10-11H2,1-2H3,(H,21,22,23)/t13-/m1/s1. The first-order chi connectivity index (χ1) is 12.1. The predicted octanol–water partition coefficient (Wildman–Crippen LogP) is 3.64. The van der Waals surface area contributed by atoms with Crippen LogP contribution in [-0.4, -0.2) is 32.2 Å². The van der Waals surface area contributed by atoms with E-state index in [4.69, 9.17) is 16.3 Å². The van der Waals surface area contributed by atoms with Gasteiger partial charge in [0.1, 0.15) is 23.8 Å². The molecule has 0 aliphatic heterocycles. The molecule has 25 heavy (non-hydrogen) atoms. The highest BCUT2D eigenvalue weighted by Gasteiger charge is 2.07. The van der Waals surface area contributed by atoms with E-state index in [1.54, 1.807) is 12.5 Å². The summed E-state index contributed by atoms with van der Waals surface area (Å²) in [7, 11) is 0. The minimum atomic E-state index is 0.109. The molecule has 3 aromatic rings. The molecule has 0 aliphatic carbocycles. The number of nitrogens with one attached hydrogen (secondary N) is 1. The zero-order chi connectivity index (χ0) is 17.6. The fourth-order valence-electron chi connectivity index (χ4n) is 2.38. The van der Waals surface area contributed by atoms with Gasteiger partial charge in [-0.2, -0.15) is 0 Å². The lowest BCUT2D eigenvalue weighted by Gasteiger charge is -2.16. The van der Waals surface area contributed by atoms with E-state index in [0.29, 0.717) is 19.0 Å². The summed E-state index contributed by atoms with van der Waals surface area (Å²) in [6.45, 7) is 5.03. The van der Waals surface area contributed by atoms with Gasteiger partial charge in [-0.05, 0) is 31.5 Å². The first-order valence-corrected chi connectivity index (χ1v) is 8.41. The molecule has 0 fully saturated rings. The number of benzene rings is 1. The van der Waals surface area contributed by atoms with Crippen molar-refractivity contribution < 1.29 is 4.74 Å². The second kappa shape index (κ2) is 8.09. The molecule has 0 bridgehead atoms. The van der Waals surface area contributed by atoms with Crippen molar-refractivity contribution in [1.29, 1.82) is 0 Å². The molecule has 7 heteroatoms. The predicted molar refractivity (Wildman–Crippen MR) is 98.1 cm³/mol. The Hall–Kier alpha value is -2.44. The van der Waals surface area contributed by atoms with Crippen LogP contribution in [0.25, 0.3) is 5.82 Å². The normalized spacial score (nSPS) is 12.1. The molecule has 1 atom stereocenters. The molecule has 0 unspecified atom stereocenters. The monoisotopic (exact) mass is 357 g/mol. The van der Waals surface area contributed by atoms with Crippen LogP contribution in [0.4, 0.5) is 5.82 Å². The lowest BCUT2D eigenvalue weighted by molar-refractivity contribution is 0.115. The first kappa shape index (κ1) is 17.4. The van der Waals surface area contributed by atoms with E-state index >= 15 is 0 Å². The lowest BCUT2D eigenvalue weighted by Crippen LogP contribution is -2.22. The second-order valence-electron chi connectivity index (χ2n) is 5.82. The van der Waals surface area contributed by atoms with Gasteiger partial charge in [0.05, 0.1) is 13.2 Å². The molecule has 2 aromatic heterocycles. The summed E-state index contributed by atoms with van der Waals surface area (Å²) in [5, 5.41) is 4.08. The highest BCUT2D eigenvalue weighted by molar-refractivity contribution is 6.30. The summed E-state index contributed by atoms with van der Waals surface area (Å²) < 4.78 is 7.61. The Balaban J connectivity index is 1.55. The van der Waals surface area contributed by atoms with Crippen molar-refractivity contribution in [3.05, 3.63) is 65.5 Å². The average molecular weight is 358 g/mol. The molecule has 0 saturated carbocycles. The van der Waals surface area contributed by atoms with Crippen molar-refractivity contribution >= 4 is 17.4 Å². The third kappa shape index (κ3) is 5.01. The average Bonchev–Trinajstić information content (AvgIpc) is 3.11. The molecule has 2 heterocycles. The summed E-state index contributed by atoms with van der Waals surface area (Å²) in [5.41, 5.74) is 1.09. The zero-order valence-electron chi connectivity index (χ0n) is 14.2. The van der Waals surface area contributed by atoms with Crippen LogP contribution in [0.5, 0.6) is 0 Å². The topological polar surface area (TPSA) is 64.9 Å². The van der Waals surface area contributed by atoms with Crippen LogP contribution in [0.2, 0.25) is 5.02 Å². The number of hydrogen-bond donors (Lipinski definition) is 1. The van der Waals surface area contributed by atoms with Gasteiger partial charge in [0, 0.05) is 29.5 Å². The molecule has 130 valence electrons. The minimum absolute atomic E-state index is 0.109. The number of nitrogens with zero attached hydrogens (tertiary/aromatic N) is 4. The van der Waals surface area contributed by atoms with Crippen LogP contribution in [0, 0.1) is 6.92 Å². The second-order valence-corrected chi connectivity index (χ2v) is 6.25. The van der Waals surface area contributed by atoms with Gasteiger partial charge in [0.25, 0.3) is 0 Å². The highest BCUT2D eigenvalue weighted by Crippen LogP contribution is 2.13.